The molecule has 0 aliphatic heterocycles. The van der Waals surface area contributed by atoms with E-state index in [1.807, 2.05) is 0 Å². The number of halogens is 1. The zero-order valence-electron chi connectivity index (χ0n) is 13.8. The van der Waals surface area contributed by atoms with Gasteiger partial charge in [0.1, 0.15) is 0 Å². The van der Waals surface area contributed by atoms with Crippen LogP contribution in [0.1, 0.15) is 10.4 Å². The fourth-order valence-corrected chi connectivity index (χ4v) is 2.98. The molecule has 2 aromatic carbocycles. The topological polar surface area (TPSA) is 123 Å². The van der Waals surface area contributed by atoms with Gasteiger partial charge in [-0.15, -0.1) is 10.2 Å². The Labute approximate surface area is 163 Å². The van der Waals surface area contributed by atoms with E-state index in [2.05, 4.69) is 15.5 Å². The van der Waals surface area contributed by atoms with Gasteiger partial charge in [0.15, 0.2) is 5.82 Å². The van der Waals surface area contributed by atoms with Crippen molar-refractivity contribution in [3.63, 3.8) is 0 Å². The lowest BCUT2D eigenvalue weighted by Crippen LogP contribution is -2.16. The Balaban J connectivity index is 1.60. The molecule has 4 N–H and O–H groups in total. The first-order chi connectivity index (χ1) is 12.9. The Hall–Kier alpha value is -3.04. The summed E-state index contributed by atoms with van der Waals surface area (Å²) in [4.78, 5) is 22.9. The third kappa shape index (κ3) is 4.57. The summed E-state index contributed by atoms with van der Waals surface area (Å²) in [5.41, 5.74) is 1.40. The number of thioether (sulfide) groups is 1. The number of hydrogen-bond donors (Lipinski definition) is 3. The summed E-state index contributed by atoms with van der Waals surface area (Å²) in [6.07, 6.45) is 0. The van der Waals surface area contributed by atoms with E-state index in [9.17, 15) is 9.59 Å². The van der Waals surface area contributed by atoms with Gasteiger partial charge in [0.25, 0.3) is 0 Å². The molecule has 0 bridgehead atoms. The Morgan fingerprint density at radius 1 is 1.11 bits per heavy atom. The van der Waals surface area contributed by atoms with Gasteiger partial charge in [-0.1, -0.05) is 23.4 Å². The Kier molecular flexibility index (Phi) is 5.63. The summed E-state index contributed by atoms with van der Waals surface area (Å²) in [5, 5.41) is 20.6. The second kappa shape index (κ2) is 8.11. The molecule has 0 radical (unpaired) electrons. The van der Waals surface area contributed by atoms with Gasteiger partial charge in [-0.3, -0.25) is 4.79 Å². The van der Waals surface area contributed by atoms with Crippen molar-refractivity contribution in [2.45, 2.75) is 5.16 Å². The number of nitrogens with two attached hydrogens (primary N) is 1. The van der Waals surface area contributed by atoms with Gasteiger partial charge in [0.05, 0.1) is 11.3 Å². The van der Waals surface area contributed by atoms with Crippen molar-refractivity contribution < 1.29 is 14.7 Å². The largest absolute Gasteiger partial charge is 0.478 e. The van der Waals surface area contributed by atoms with Crippen LogP contribution in [0.3, 0.4) is 0 Å². The van der Waals surface area contributed by atoms with E-state index in [0.29, 0.717) is 21.7 Å². The van der Waals surface area contributed by atoms with Gasteiger partial charge >= 0.3 is 5.97 Å². The highest BCUT2D eigenvalue weighted by atomic mass is 35.5. The molecule has 27 heavy (non-hydrogen) atoms. The van der Waals surface area contributed by atoms with Crippen LogP contribution in [0, 0.1) is 0 Å². The predicted molar refractivity (Wildman–Crippen MR) is 103 cm³/mol. The number of carbonyl (C=O) groups excluding carboxylic acids is 1. The van der Waals surface area contributed by atoms with Gasteiger partial charge in [-0.05, 0) is 48.5 Å². The maximum absolute atomic E-state index is 12.1. The van der Waals surface area contributed by atoms with E-state index in [4.69, 9.17) is 22.6 Å². The van der Waals surface area contributed by atoms with Crippen LogP contribution in [-0.2, 0) is 4.79 Å². The summed E-state index contributed by atoms with van der Waals surface area (Å²) in [6.45, 7) is 0. The lowest BCUT2D eigenvalue weighted by Gasteiger charge is -2.06. The van der Waals surface area contributed by atoms with Gasteiger partial charge < -0.3 is 16.3 Å². The van der Waals surface area contributed by atoms with Crippen LogP contribution < -0.4 is 11.2 Å². The van der Waals surface area contributed by atoms with Gasteiger partial charge in [-0.25, -0.2) is 9.47 Å². The molecule has 8 nitrogen and oxygen atoms in total. The monoisotopic (exact) mass is 403 g/mol. The van der Waals surface area contributed by atoms with E-state index >= 15 is 0 Å². The van der Waals surface area contributed by atoms with E-state index in [-0.39, 0.29) is 17.2 Å². The van der Waals surface area contributed by atoms with Crippen molar-refractivity contribution in [1.82, 2.24) is 14.9 Å². The molecule has 10 heteroatoms. The van der Waals surface area contributed by atoms with E-state index in [1.165, 1.54) is 28.9 Å². The fourth-order valence-electron chi connectivity index (χ4n) is 2.19. The molecule has 3 rings (SSSR count). The number of hydrogen-bond acceptors (Lipinski definition) is 6. The molecule has 0 fully saturated rings. The van der Waals surface area contributed by atoms with Gasteiger partial charge in [0, 0.05) is 16.3 Å². The van der Waals surface area contributed by atoms with Crippen LogP contribution in [0.25, 0.3) is 11.4 Å². The Morgan fingerprint density at radius 3 is 2.41 bits per heavy atom. The Bertz CT molecular complexity index is 973. The molecule has 0 spiro atoms. The molecule has 0 saturated heterocycles. The zero-order valence-corrected chi connectivity index (χ0v) is 15.4. The molecule has 0 atom stereocenters. The number of amides is 1. The molecule has 3 aromatic rings. The number of nitrogen functional groups attached to an aromatic ring is 1. The average molecular weight is 404 g/mol. The standard InChI is InChI=1S/C17H14ClN5O3S/c18-12-5-1-10(2-6-12)15-21-22-17(23(15)19)27-9-14(24)20-13-7-3-11(4-8-13)16(25)26/h1-8H,9,19H2,(H,20,24)(H,25,26). The number of nitrogens with zero attached hydrogens (tertiary/aromatic N) is 3. The van der Waals surface area contributed by atoms with E-state index in [1.54, 1.807) is 24.3 Å². The summed E-state index contributed by atoms with van der Waals surface area (Å²) < 4.78 is 1.31. The number of aromatic nitrogens is 3. The molecule has 0 aliphatic rings. The van der Waals surface area contributed by atoms with Crippen LogP contribution in [0.2, 0.25) is 5.02 Å². The number of carbonyl (C=O) groups is 2. The normalized spacial score (nSPS) is 10.6. The first-order valence-electron chi connectivity index (χ1n) is 7.66. The number of carboxylic acid groups (broad SMARTS) is 1. The zero-order chi connectivity index (χ0) is 19.4. The smallest absolute Gasteiger partial charge is 0.335 e. The molecular weight excluding hydrogens is 390 g/mol. The van der Waals surface area contributed by atoms with Crippen molar-refractivity contribution in [3.8, 4) is 11.4 Å². The van der Waals surface area contributed by atoms with Crippen LogP contribution in [0.15, 0.2) is 53.7 Å². The van der Waals surface area contributed by atoms with Crippen LogP contribution in [0.4, 0.5) is 5.69 Å². The van der Waals surface area contributed by atoms with Crippen molar-refractivity contribution in [3.05, 3.63) is 59.1 Å². The summed E-state index contributed by atoms with van der Waals surface area (Å²) in [5.74, 6) is 5.23. The predicted octanol–water partition coefficient (Wildman–Crippen LogP) is 2.74. The Morgan fingerprint density at radius 2 is 1.78 bits per heavy atom. The van der Waals surface area contributed by atoms with Crippen molar-refractivity contribution in [2.75, 3.05) is 16.9 Å². The quantitative estimate of drug-likeness (QED) is 0.427. The first-order valence-corrected chi connectivity index (χ1v) is 9.03. The molecule has 1 aromatic heterocycles. The molecule has 1 amide bonds. The first kappa shape index (κ1) is 18.7. The fraction of sp³-hybridized carbons (Fsp3) is 0.0588. The van der Waals surface area contributed by atoms with Crippen molar-refractivity contribution in [1.29, 1.82) is 0 Å². The lowest BCUT2D eigenvalue weighted by molar-refractivity contribution is -0.113. The summed E-state index contributed by atoms with van der Waals surface area (Å²) in [6, 6.07) is 12.9. The van der Waals surface area contributed by atoms with Crippen molar-refractivity contribution >= 4 is 40.9 Å². The SMILES string of the molecule is Nn1c(SCC(=O)Nc2ccc(C(=O)O)cc2)nnc1-c1ccc(Cl)cc1. The lowest BCUT2D eigenvalue weighted by atomic mass is 10.2. The molecule has 0 unspecified atom stereocenters. The summed E-state index contributed by atoms with van der Waals surface area (Å²) in [7, 11) is 0. The molecule has 0 aliphatic carbocycles. The van der Waals surface area contributed by atoms with Gasteiger partial charge in [-0.2, -0.15) is 0 Å². The number of rotatable bonds is 6. The number of anilines is 1. The highest BCUT2D eigenvalue weighted by molar-refractivity contribution is 7.99. The minimum atomic E-state index is -1.03. The average Bonchev–Trinajstić information content (AvgIpc) is 3.02. The molecule has 1 heterocycles. The third-order valence-electron chi connectivity index (χ3n) is 3.51. The highest BCUT2D eigenvalue weighted by Crippen LogP contribution is 2.23. The molecule has 0 saturated carbocycles. The second-order valence-corrected chi connectivity index (χ2v) is 6.78. The maximum Gasteiger partial charge on any atom is 0.335 e. The molecular formula is C17H14ClN5O3S. The number of aromatic carboxylic acids is 1. The minimum absolute atomic E-state index is 0.0661. The number of nitrogens with one attached hydrogen (secondary N) is 1. The van der Waals surface area contributed by atoms with E-state index in [0.717, 1.165) is 17.3 Å². The molecule has 138 valence electrons. The van der Waals surface area contributed by atoms with Crippen LogP contribution in [-0.4, -0.2) is 37.6 Å². The summed E-state index contributed by atoms with van der Waals surface area (Å²) >= 11 is 7.00. The number of carboxylic acids is 1. The van der Waals surface area contributed by atoms with Gasteiger partial charge in [0.2, 0.25) is 11.1 Å². The minimum Gasteiger partial charge on any atom is -0.478 e. The van der Waals surface area contributed by atoms with Crippen molar-refractivity contribution in [2.24, 2.45) is 0 Å². The number of benzene rings is 2. The highest BCUT2D eigenvalue weighted by Gasteiger charge is 2.14. The van der Waals surface area contributed by atoms with E-state index < -0.39 is 5.97 Å². The third-order valence-corrected chi connectivity index (χ3v) is 4.71. The second-order valence-electron chi connectivity index (χ2n) is 5.40. The van der Waals surface area contributed by atoms with Crippen LogP contribution >= 0.6 is 23.4 Å². The maximum atomic E-state index is 12.1. The van der Waals surface area contributed by atoms with Crippen LogP contribution in [0.5, 0.6) is 0 Å².